The molecule has 2 rings (SSSR count). The molecule has 0 unspecified atom stereocenters. The number of hydrogen-bond acceptors (Lipinski definition) is 3. The van der Waals surface area contributed by atoms with Gasteiger partial charge in [0.05, 0.1) is 0 Å². The van der Waals surface area contributed by atoms with Crippen molar-refractivity contribution < 1.29 is 14.2 Å². The Hall–Kier alpha value is -1.16. The minimum atomic E-state index is 0.0840. The molecule has 24 heavy (non-hydrogen) atoms. The third-order valence-electron chi connectivity index (χ3n) is 3.87. The van der Waals surface area contributed by atoms with Gasteiger partial charge in [0.2, 0.25) is 0 Å². The molecule has 2 aromatic carbocycles. The molecule has 2 aromatic rings. The Morgan fingerprint density at radius 3 is 2.29 bits per heavy atom. The van der Waals surface area contributed by atoms with Crippen molar-refractivity contribution in [3.05, 3.63) is 65.7 Å². The van der Waals surface area contributed by atoms with Crippen molar-refractivity contribution in [3.8, 4) is 0 Å². The van der Waals surface area contributed by atoms with Crippen molar-refractivity contribution in [2.24, 2.45) is 0 Å². The fraction of sp³-hybridized carbons (Fsp3) is 0.400. The van der Waals surface area contributed by atoms with Crippen LogP contribution in [0.2, 0.25) is 5.32 Å². The van der Waals surface area contributed by atoms with E-state index in [2.05, 4.69) is 55.5 Å². The average Bonchev–Trinajstić information content (AvgIpc) is 2.64. The molecule has 2 atom stereocenters. The van der Waals surface area contributed by atoms with Crippen molar-refractivity contribution in [2.75, 3.05) is 21.0 Å². The summed E-state index contributed by atoms with van der Waals surface area (Å²) in [4.78, 5) is 0. The summed E-state index contributed by atoms with van der Waals surface area (Å²) < 4.78 is 18.0. The van der Waals surface area contributed by atoms with Crippen molar-refractivity contribution >= 4 is 19.4 Å². The molecule has 0 spiro atoms. The van der Waals surface area contributed by atoms with E-state index in [1.807, 2.05) is 6.07 Å². The summed E-state index contributed by atoms with van der Waals surface area (Å²) in [5.41, 5.74) is 2.52. The molecule has 0 aliphatic carbocycles. The van der Waals surface area contributed by atoms with Crippen LogP contribution in [-0.2, 0) is 14.2 Å². The van der Waals surface area contributed by atoms with Gasteiger partial charge in [0.25, 0.3) is 0 Å². The molecule has 0 aromatic heterocycles. The van der Waals surface area contributed by atoms with Crippen LogP contribution in [0.3, 0.4) is 0 Å². The summed E-state index contributed by atoms with van der Waals surface area (Å²) in [6.45, 7) is 2.47. The minimum absolute atomic E-state index is 0.0840. The van der Waals surface area contributed by atoms with Gasteiger partial charge in [-0.05, 0) is 0 Å². The number of methoxy groups -OCH3 is 2. The second-order valence-electron chi connectivity index (χ2n) is 5.45. The van der Waals surface area contributed by atoms with Gasteiger partial charge in [-0.1, -0.05) is 0 Å². The van der Waals surface area contributed by atoms with Gasteiger partial charge in [0.15, 0.2) is 0 Å². The second kappa shape index (κ2) is 10.7. The Balaban J connectivity index is 2.09. The van der Waals surface area contributed by atoms with Crippen LogP contribution in [0.1, 0.15) is 36.7 Å². The standard InChI is InChI=1S/C20H26O3Se/c1-4-18(23-15-21-2)17-12-8-9-13-20(17)24-14-19(22-3)16-10-6-5-7-11-16/h5-13,18-19H,4,14-15H2,1-3H3/t18-,19-/m0/s1. The van der Waals surface area contributed by atoms with Crippen molar-refractivity contribution in [3.63, 3.8) is 0 Å². The predicted octanol–water partition coefficient (Wildman–Crippen LogP) is 3.89. The maximum absolute atomic E-state index is 5.84. The van der Waals surface area contributed by atoms with Gasteiger partial charge in [0.1, 0.15) is 0 Å². The zero-order valence-electron chi connectivity index (χ0n) is 14.6. The second-order valence-corrected chi connectivity index (χ2v) is 7.68. The Morgan fingerprint density at radius 2 is 1.62 bits per heavy atom. The number of ether oxygens (including phenoxy) is 3. The monoisotopic (exact) mass is 394 g/mol. The average molecular weight is 393 g/mol. The van der Waals surface area contributed by atoms with Crippen LogP contribution in [0, 0.1) is 0 Å². The molecular formula is C20H26O3Se. The third-order valence-corrected chi connectivity index (χ3v) is 6.29. The van der Waals surface area contributed by atoms with E-state index in [1.54, 1.807) is 14.2 Å². The molecule has 0 saturated heterocycles. The molecule has 0 bridgehead atoms. The molecule has 3 nitrogen and oxygen atoms in total. The molecule has 0 saturated carbocycles. The Kier molecular flexibility index (Phi) is 8.51. The van der Waals surface area contributed by atoms with Crippen LogP contribution in [0.5, 0.6) is 0 Å². The zero-order chi connectivity index (χ0) is 17.2. The van der Waals surface area contributed by atoms with E-state index in [1.165, 1.54) is 15.6 Å². The first kappa shape index (κ1) is 19.2. The molecule has 0 amide bonds. The summed E-state index contributed by atoms with van der Waals surface area (Å²) >= 11 is 0.316. The predicted molar refractivity (Wildman–Crippen MR) is 98.8 cm³/mol. The van der Waals surface area contributed by atoms with E-state index in [0.29, 0.717) is 21.7 Å². The van der Waals surface area contributed by atoms with E-state index in [-0.39, 0.29) is 12.2 Å². The van der Waals surface area contributed by atoms with Crippen molar-refractivity contribution in [1.82, 2.24) is 0 Å². The summed E-state index contributed by atoms with van der Waals surface area (Å²) in [6, 6.07) is 19.0. The molecular weight excluding hydrogens is 367 g/mol. The van der Waals surface area contributed by atoms with E-state index in [9.17, 15) is 0 Å². The first-order chi connectivity index (χ1) is 11.8. The molecule has 0 aliphatic heterocycles. The van der Waals surface area contributed by atoms with E-state index in [0.717, 1.165) is 11.7 Å². The van der Waals surface area contributed by atoms with Crippen LogP contribution in [0.15, 0.2) is 54.6 Å². The number of rotatable bonds is 10. The van der Waals surface area contributed by atoms with Gasteiger partial charge >= 0.3 is 151 Å². The Labute approximate surface area is 151 Å². The zero-order valence-corrected chi connectivity index (χ0v) is 16.3. The normalized spacial score (nSPS) is 13.6. The maximum atomic E-state index is 5.84. The summed E-state index contributed by atoms with van der Waals surface area (Å²) in [5, 5.41) is 1.01. The van der Waals surface area contributed by atoms with Gasteiger partial charge in [-0.25, -0.2) is 0 Å². The van der Waals surface area contributed by atoms with Crippen LogP contribution in [0.4, 0.5) is 0 Å². The fourth-order valence-corrected chi connectivity index (χ4v) is 5.11. The van der Waals surface area contributed by atoms with Crippen LogP contribution in [-0.4, -0.2) is 36.0 Å². The van der Waals surface area contributed by atoms with Gasteiger partial charge in [0, 0.05) is 0 Å². The molecule has 4 heteroatoms. The third kappa shape index (κ3) is 5.44. The Bertz CT molecular complexity index is 588. The molecule has 130 valence electrons. The first-order valence-corrected chi connectivity index (χ1v) is 10.3. The van der Waals surface area contributed by atoms with Gasteiger partial charge < -0.3 is 0 Å². The van der Waals surface area contributed by atoms with Gasteiger partial charge in [-0.3, -0.25) is 0 Å². The van der Waals surface area contributed by atoms with Crippen molar-refractivity contribution in [2.45, 2.75) is 30.9 Å². The summed E-state index contributed by atoms with van der Waals surface area (Å²) in [6.07, 6.45) is 1.16. The van der Waals surface area contributed by atoms with Crippen LogP contribution >= 0.6 is 0 Å². The van der Waals surface area contributed by atoms with Crippen LogP contribution in [0.25, 0.3) is 0 Å². The molecule has 0 N–H and O–H groups in total. The van der Waals surface area contributed by atoms with E-state index < -0.39 is 0 Å². The van der Waals surface area contributed by atoms with Gasteiger partial charge in [-0.2, -0.15) is 0 Å². The Morgan fingerprint density at radius 1 is 0.917 bits per heavy atom. The quantitative estimate of drug-likeness (QED) is 0.453. The molecule has 0 radical (unpaired) electrons. The number of benzene rings is 2. The van der Waals surface area contributed by atoms with Crippen LogP contribution < -0.4 is 4.46 Å². The summed E-state index contributed by atoms with van der Waals surface area (Å²) in [7, 11) is 3.45. The van der Waals surface area contributed by atoms with E-state index >= 15 is 0 Å². The molecule has 0 aliphatic rings. The number of hydrogen-bond donors (Lipinski definition) is 0. The summed E-state index contributed by atoms with van der Waals surface area (Å²) in [5.74, 6) is 0. The van der Waals surface area contributed by atoms with Crippen molar-refractivity contribution in [1.29, 1.82) is 0 Å². The first-order valence-electron chi connectivity index (χ1n) is 8.20. The fourth-order valence-electron chi connectivity index (χ4n) is 2.59. The van der Waals surface area contributed by atoms with E-state index in [4.69, 9.17) is 14.2 Å². The SMILES string of the molecule is CC[C@H](OCOC)c1ccccc1[Se]C[C@H](OC)c1ccccc1. The molecule has 0 heterocycles. The topological polar surface area (TPSA) is 27.7 Å². The molecule has 0 fully saturated rings. The van der Waals surface area contributed by atoms with Gasteiger partial charge in [-0.15, -0.1) is 0 Å².